The topological polar surface area (TPSA) is 84.9 Å². The van der Waals surface area contributed by atoms with E-state index in [2.05, 4.69) is 5.32 Å². The lowest BCUT2D eigenvalue weighted by molar-refractivity contribution is -0.145. The molecule has 6 heteroatoms. The van der Waals surface area contributed by atoms with Crippen LogP contribution in [-0.4, -0.2) is 44.4 Å². The summed E-state index contributed by atoms with van der Waals surface area (Å²) in [5.74, 6) is -0.524. The van der Waals surface area contributed by atoms with Gasteiger partial charge in [-0.05, 0) is 56.2 Å². The lowest BCUT2D eigenvalue weighted by Crippen LogP contribution is -2.42. The van der Waals surface area contributed by atoms with Crippen LogP contribution in [0.3, 0.4) is 0 Å². The maximum atomic E-state index is 12.9. The summed E-state index contributed by atoms with van der Waals surface area (Å²) in [5, 5.41) is 12.6. The summed E-state index contributed by atoms with van der Waals surface area (Å²) in [6, 6.07) is 7.94. The Bertz CT molecular complexity index is 622. The molecule has 156 valence electrons. The number of aryl methyl sites for hydroxylation is 1. The number of hydrogen-bond acceptors (Lipinski definition) is 4. The maximum Gasteiger partial charge on any atom is 0.306 e. The molecular weight excluding hydrogens is 358 g/mol. The molecule has 1 saturated carbocycles. The molecular formula is C22H33NO5. The van der Waals surface area contributed by atoms with Crippen molar-refractivity contribution in [3.63, 3.8) is 0 Å². The maximum absolute atomic E-state index is 12.9. The van der Waals surface area contributed by atoms with Crippen molar-refractivity contribution >= 4 is 11.9 Å². The van der Waals surface area contributed by atoms with Crippen molar-refractivity contribution in [1.29, 1.82) is 0 Å². The molecule has 0 saturated heterocycles. The van der Waals surface area contributed by atoms with Gasteiger partial charge in [0.2, 0.25) is 5.91 Å². The van der Waals surface area contributed by atoms with Gasteiger partial charge in [0.25, 0.3) is 0 Å². The van der Waals surface area contributed by atoms with Crippen LogP contribution in [0.2, 0.25) is 0 Å². The SMILES string of the molecule is COCCC(CC1(C(=O)NCCCc2ccc(OC)cc2)CCCC1)C(=O)O. The highest BCUT2D eigenvalue weighted by atomic mass is 16.5. The summed E-state index contributed by atoms with van der Waals surface area (Å²) in [7, 11) is 3.22. The molecule has 0 aliphatic heterocycles. The van der Waals surface area contributed by atoms with E-state index in [9.17, 15) is 14.7 Å². The molecule has 0 aromatic heterocycles. The number of benzene rings is 1. The summed E-state index contributed by atoms with van der Waals surface area (Å²) in [5.41, 5.74) is 0.660. The fourth-order valence-corrected chi connectivity index (χ4v) is 4.09. The van der Waals surface area contributed by atoms with Crippen molar-refractivity contribution in [1.82, 2.24) is 5.32 Å². The van der Waals surface area contributed by atoms with Crippen LogP contribution in [0, 0.1) is 11.3 Å². The number of methoxy groups -OCH3 is 2. The van der Waals surface area contributed by atoms with Crippen LogP contribution in [0.5, 0.6) is 5.75 Å². The zero-order valence-electron chi connectivity index (χ0n) is 17.0. The molecule has 1 aliphatic carbocycles. The Morgan fingerprint density at radius 1 is 1.18 bits per heavy atom. The largest absolute Gasteiger partial charge is 0.497 e. The fraction of sp³-hybridized carbons (Fsp3) is 0.636. The van der Waals surface area contributed by atoms with Crippen molar-refractivity contribution in [2.45, 2.75) is 51.4 Å². The summed E-state index contributed by atoms with van der Waals surface area (Å²) >= 11 is 0. The Kier molecular flexibility index (Phi) is 8.77. The summed E-state index contributed by atoms with van der Waals surface area (Å²) in [6.07, 6.45) is 6.07. The van der Waals surface area contributed by atoms with Crippen LogP contribution in [0.15, 0.2) is 24.3 Å². The molecule has 1 fully saturated rings. The summed E-state index contributed by atoms with van der Waals surface area (Å²) < 4.78 is 10.2. The molecule has 0 spiro atoms. The molecule has 1 aliphatic rings. The second-order valence-electron chi connectivity index (χ2n) is 7.72. The van der Waals surface area contributed by atoms with E-state index in [1.165, 1.54) is 5.56 Å². The van der Waals surface area contributed by atoms with Gasteiger partial charge in [0.1, 0.15) is 5.75 Å². The van der Waals surface area contributed by atoms with Gasteiger partial charge in [0.15, 0.2) is 0 Å². The Morgan fingerprint density at radius 2 is 1.86 bits per heavy atom. The third-order valence-electron chi connectivity index (χ3n) is 5.79. The number of carbonyl (C=O) groups is 2. The minimum absolute atomic E-state index is 0.0170. The van der Waals surface area contributed by atoms with Crippen LogP contribution >= 0.6 is 0 Å². The first kappa shape index (κ1) is 22.2. The first-order valence-corrected chi connectivity index (χ1v) is 10.1. The quantitative estimate of drug-likeness (QED) is 0.533. The number of nitrogens with one attached hydrogen (secondary N) is 1. The number of ether oxygens (including phenoxy) is 2. The lowest BCUT2D eigenvalue weighted by Gasteiger charge is -2.30. The van der Waals surface area contributed by atoms with Crippen molar-refractivity contribution in [3.05, 3.63) is 29.8 Å². The minimum atomic E-state index is -0.837. The van der Waals surface area contributed by atoms with Crippen molar-refractivity contribution < 1.29 is 24.2 Å². The fourth-order valence-electron chi connectivity index (χ4n) is 4.09. The molecule has 1 aromatic rings. The smallest absolute Gasteiger partial charge is 0.306 e. The number of carboxylic acids is 1. The van der Waals surface area contributed by atoms with Crippen molar-refractivity contribution in [3.8, 4) is 5.75 Å². The molecule has 1 amide bonds. The second kappa shape index (κ2) is 11.1. The highest BCUT2D eigenvalue weighted by molar-refractivity contribution is 5.83. The highest BCUT2D eigenvalue weighted by Gasteiger charge is 2.43. The first-order valence-electron chi connectivity index (χ1n) is 10.1. The Labute approximate surface area is 167 Å². The summed E-state index contributed by atoms with van der Waals surface area (Å²) in [4.78, 5) is 24.6. The molecule has 6 nitrogen and oxygen atoms in total. The van der Waals surface area contributed by atoms with E-state index in [-0.39, 0.29) is 5.91 Å². The number of amides is 1. The normalized spacial score (nSPS) is 16.5. The Morgan fingerprint density at radius 3 is 2.43 bits per heavy atom. The van der Waals surface area contributed by atoms with Crippen LogP contribution < -0.4 is 10.1 Å². The predicted molar refractivity (Wildman–Crippen MR) is 107 cm³/mol. The molecule has 1 atom stereocenters. The molecule has 0 heterocycles. The van der Waals surface area contributed by atoms with E-state index in [1.807, 2.05) is 24.3 Å². The van der Waals surface area contributed by atoms with Gasteiger partial charge in [0, 0.05) is 25.7 Å². The minimum Gasteiger partial charge on any atom is -0.497 e. The highest BCUT2D eigenvalue weighted by Crippen LogP contribution is 2.44. The lowest BCUT2D eigenvalue weighted by atomic mass is 9.76. The molecule has 0 radical (unpaired) electrons. The zero-order valence-corrected chi connectivity index (χ0v) is 17.0. The van der Waals surface area contributed by atoms with Crippen molar-refractivity contribution in [2.75, 3.05) is 27.4 Å². The predicted octanol–water partition coefficient (Wildman–Crippen LogP) is 3.43. The van der Waals surface area contributed by atoms with Crippen LogP contribution in [-0.2, 0) is 20.7 Å². The molecule has 28 heavy (non-hydrogen) atoms. The number of carboxylic acid groups (broad SMARTS) is 1. The third kappa shape index (κ3) is 6.23. The monoisotopic (exact) mass is 391 g/mol. The molecule has 1 unspecified atom stereocenters. The van der Waals surface area contributed by atoms with Gasteiger partial charge >= 0.3 is 5.97 Å². The average Bonchev–Trinajstić information content (AvgIpc) is 3.18. The molecule has 0 bridgehead atoms. The van der Waals surface area contributed by atoms with Crippen LogP contribution in [0.1, 0.15) is 50.5 Å². The van der Waals surface area contributed by atoms with Crippen LogP contribution in [0.4, 0.5) is 0 Å². The number of rotatable bonds is 12. The second-order valence-corrected chi connectivity index (χ2v) is 7.72. The molecule has 1 aromatic carbocycles. The van der Waals surface area contributed by atoms with E-state index < -0.39 is 17.3 Å². The van der Waals surface area contributed by atoms with E-state index >= 15 is 0 Å². The number of hydrogen-bond donors (Lipinski definition) is 2. The molecule has 2 N–H and O–H groups in total. The third-order valence-corrected chi connectivity index (χ3v) is 5.79. The van der Waals surface area contributed by atoms with Gasteiger partial charge in [-0.3, -0.25) is 9.59 Å². The van der Waals surface area contributed by atoms with Gasteiger partial charge in [-0.15, -0.1) is 0 Å². The van der Waals surface area contributed by atoms with Gasteiger partial charge in [-0.1, -0.05) is 25.0 Å². The Hall–Kier alpha value is -2.08. The van der Waals surface area contributed by atoms with Crippen molar-refractivity contribution in [2.24, 2.45) is 11.3 Å². The first-order chi connectivity index (χ1) is 13.5. The van der Waals surface area contributed by atoms with Gasteiger partial charge in [-0.25, -0.2) is 0 Å². The van der Waals surface area contributed by atoms with Gasteiger partial charge in [0.05, 0.1) is 13.0 Å². The van der Waals surface area contributed by atoms with E-state index in [0.717, 1.165) is 44.3 Å². The van der Waals surface area contributed by atoms with Crippen LogP contribution in [0.25, 0.3) is 0 Å². The summed E-state index contributed by atoms with van der Waals surface area (Å²) in [6.45, 7) is 0.999. The Balaban J connectivity index is 1.86. The van der Waals surface area contributed by atoms with Gasteiger partial charge in [-0.2, -0.15) is 0 Å². The standard InChI is InChI=1S/C22H33NO5/c1-27-15-11-18(20(24)25)16-22(12-3-4-13-22)21(26)23-14-5-6-17-7-9-19(28-2)10-8-17/h7-10,18H,3-6,11-16H2,1-2H3,(H,23,26)(H,24,25). The molecule has 2 rings (SSSR count). The van der Waals surface area contributed by atoms with Gasteiger partial charge < -0.3 is 19.9 Å². The number of aliphatic carboxylic acids is 1. The van der Waals surface area contributed by atoms with E-state index in [0.29, 0.717) is 26.0 Å². The van der Waals surface area contributed by atoms with E-state index in [1.54, 1.807) is 14.2 Å². The number of carbonyl (C=O) groups excluding carboxylic acids is 1. The van der Waals surface area contributed by atoms with E-state index in [4.69, 9.17) is 9.47 Å². The average molecular weight is 392 g/mol. The zero-order chi connectivity index (χ0) is 20.4.